The molecule has 1 atom stereocenters. The summed E-state index contributed by atoms with van der Waals surface area (Å²) in [4.78, 5) is 46.6. The smallest absolute Gasteiger partial charge is 0.326 e. The summed E-state index contributed by atoms with van der Waals surface area (Å²) in [6, 6.07) is 20.6. The molecule has 0 radical (unpaired) electrons. The predicted molar refractivity (Wildman–Crippen MR) is 167 cm³/mol. The van der Waals surface area contributed by atoms with Crippen molar-refractivity contribution in [1.29, 1.82) is 0 Å². The summed E-state index contributed by atoms with van der Waals surface area (Å²) in [6.07, 6.45) is 10.6. The van der Waals surface area contributed by atoms with Crippen molar-refractivity contribution < 1.29 is 14.7 Å². The Hall–Kier alpha value is -5.38. The lowest BCUT2D eigenvalue weighted by Gasteiger charge is -2.25. The highest BCUT2D eigenvalue weighted by molar-refractivity contribution is 5.99. The summed E-state index contributed by atoms with van der Waals surface area (Å²) in [7, 11) is 0. The number of H-pyrrole nitrogens is 1. The number of amides is 1. The third-order valence-corrected chi connectivity index (χ3v) is 8.34. The van der Waals surface area contributed by atoms with Crippen LogP contribution in [0.5, 0.6) is 0 Å². The highest BCUT2D eigenvalue weighted by Gasteiger charge is 2.25. The van der Waals surface area contributed by atoms with Gasteiger partial charge in [-0.25, -0.2) is 19.7 Å². The molecule has 0 unspecified atom stereocenters. The van der Waals surface area contributed by atoms with E-state index in [4.69, 9.17) is 15.0 Å². The Kier molecular flexibility index (Phi) is 7.31. The number of carbonyl (C=O) groups excluding carboxylic acids is 1. The zero-order valence-electron chi connectivity index (χ0n) is 24.0. The molecule has 1 aliphatic rings. The van der Waals surface area contributed by atoms with Crippen LogP contribution in [-0.4, -0.2) is 52.5 Å². The van der Waals surface area contributed by atoms with Gasteiger partial charge >= 0.3 is 5.97 Å². The fourth-order valence-corrected chi connectivity index (χ4v) is 6.11. The van der Waals surface area contributed by atoms with Crippen LogP contribution >= 0.6 is 0 Å². The minimum absolute atomic E-state index is 0.0987. The van der Waals surface area contributed by atoms with Gasteiger partial charge in [0, 0.05) is 41.0 Å². The Labute approximate surface area is 253 Å². The molecule has 44 heavy (non-hydrogen) atoms. The molecule has 1 aliphatic carbocycles. The topological polar surface area (TPSA) is 139 Å². The van der Waals surface area contributed by atoms with E-state index in [1.54, 1.807) is 24.5 Å². The van der Waals surface area contributed by atoms with Crippen molar-refractivity contribution in [3.8, 4) is 22.6 Å². The van der Waals surface area contributed by atoms with Crippen molar-refractivity contribution in [2.45, 2.75) is 50.6 Å². The Bertz CT molecular complexity index is 1960. The number of carboxylic acids is 1. The SMILES string of the molecule is O=C(N[C@@H](Cc1cnc[nH]1)C(=O)O)c1ccc2c(c1)nc(-c1ccc3nc(-c4ccccc4)cnc3c1)n2C1CCCCC1. The first-order valence-electron chi connectivity index (χ1n) is 14.9. The molecule has 0 bridgehead atoms. The number of fused-ring (bicyclic) bond motifs is 2. The van der Waals surface area contributed by atoms with Crippen LogP contribution in [0.25, 0.3) is 44.7 Å². The molecule has 3 N–H and O–H groups in total. The van der Waals surface area contributed by atoms with Crippen molar-refractivity contribution >= 4 is 33.9 Å². The van der Waals surface area contributed by atoms with E-state index in [-0.39, 0.29) is 12.5 Å². The molecular formula is C34H31N7O3. The molecular weight excluding hydrogens is 554 g/mol. The fourth-order valence-electron chi connectivity index (χ4n) is 6.11. The van der Waals surface area contributed by atoms with Crippen molar-refractivity contribution in [3.63, 3.8) is 0 Å². The molecule has 220 valence electrons. The number of carboxylic acid groups (broad SMARTS) is 1. The van der Waals surface area contributed by atoms with E-state index in [9.17, 15) is 14.7 Å². The zero-order chi connectivity index (χ0) is 30.0. The molecule has 3 aromatic carbocycles. The number of aliphatic carboxylic acids is 1. The van der Waals surface area contributed by atoms with Gasteiger partial charge in [0.15, 0.2) is 0 Å². The van der Waals surface area contributed by atoms with E-state index in [1.807, 2.05) is 54.6 Å². The molecule has 0 saturated heterocycles. The lowest BCUT2D eigenvalue weighted by molar-refractivity contribution is -0.139. The average molecular weight is 586 g/mol. The van der Waals surface area contributed by atoms with Crippen LogP contribution in [0.3, 0.4) is 0 Å². The number of aromatic nitrogens is 6. The first kappa shape index (κ1) is 27.5. The number of nitrogens with zero attached hydrogens (tertiary/aromatic N) is 5. The number of benzene rings is 3. The van der Waals surface area contributed by atoms with Crippen LogP contribution < -0.4 is 5.32 Å². The van der Waals surface area contributed by atoms with Crippen LogP contribution in [0.4, 0.5) is 0 Å². The van der Waals surface area contributed by atoms with Crippen LogP contribution in [0, 0.1) is 0 Å². The lowest BCUT2D eigenvalue weighted by atomic mass is 9.94. The first-order chi connectivity index (χ1) is 21.5. The maximum atomic E-state index is 13.2. The number of carbonyl (C=O) groups is 2. The van der Waals surface area contributed by atoms with Crippen LogP contribution in [0.2, 0.25) is 0 Å². The Balaban J connectivity index is 1.24. The number of imidazole rings is 2. The molecule has 10 heteroatoms. The van der Waals surface area contributed by atoms with Crippen molar-refractivity contribution in [1.82, 2.24) is 34.8 Å². The summed E-state index contributed by atoms with van der Waals surface area (Å²) < 4.78 is 2.31. The summed E-state index contributed by atoms with van der Waals surface area (Å²) in [5, 5.41) is 12.4. The summed E-state index contributed by atoms with van der Waals surface area (Å²) in [5.74, 6) is -0.765. The van der Waals surface area contributed by atoms with E-state index < -0.39 is 17.9 Å². The molecule has 1 amide bonds. The molecule has 1 saturated carbocycles. The van der Waals surface area contributed by atoms with Gasteiger partial charge in [-0.15, -0.1) is 0 Å². The predicted octanol–water partition coefficient (Wildman–Crippen LogP) is 5.97. The monoisotopic (exact) mass is 585 g/mol. The third kappa shape index (κ3) is 5.42. The largest absolute Gasteiger partial charge is 0.480 e. The van der Waals surface area contributed by atoms with E-state index in [0.29, 0.717) is 16.8 Å². The molecule has 6 aromatic rings. The molecule has 1 fully saturated rings. The number of nitrogens with one attached hydrogen (secondary N) is 2. The second-order valence-electron chi connectivity index (χ2n) is 11.3. The van der Waals surface area contributed by atoms with Crippen molar-refractivity contribution in [2.24, 2.45) is 0 Å². The summed E-state index contributed by atoms with van der Waals surface area (Å²) >= 11 is 0. The minimum Gasteiger partial charge on any atom is -0.480 e. The first-order valence-corrected chi connectivity index (χ1v) is 14.9. The zero-order valence-corrected chi connectivity index (χ0v) is 24.0. The number of aromatic amines is 1. The van der Waals surface area contributed by atoms with E-state index in [0.717, 1.165) is 64.9 Å². The van der Waals surface area contributed by atoms with Crippen molar-refractivity contribution in [2.75, 3.05) is 0 Å². The van der Waals surface area contributed by atoms with Gasteiger partial charge in [0.1, 0.15) is 11.9 Å². The van der Waals surface area contributed by atoms with Crippen LogP contribution in [0.1, 0.15) is 54.2 Å². The lowest BCUT2D eigenvalue weighted by Crippen LogP contribution is -2.42. The fraction of sp³-hybridized carbons (Fsp3) is 0.235. The van der Waals surface area contributed by atoms with Crippen LogP contribution in [0.15, 0.2) is 85.5 Å². The molecule has 3 aromatic heterocycles. The maximum absolute atomic E-state index is 13.2. The second kappa shape index (κ2) is 11.7. The van der Waals surface area contributed by atoms with Crippen LogP contribution in [-0.2, 0) is 11.2 Å². The van der Waals surface area contributed by atoms with Gasteiger partial charge in [0.25, 0.3) is 5.91 Å². The van der Waals surface area contributed by atoms with Gasteiger partial charge in [-0.1, -0.05) is 49.6 Å². The third-order valence-electron chi connectivity index (χ3n) is 8.34. The van der Waals surface area contributed by atoms with Gasteiger partial charge in [-0.05, 0) is 49.2 Å². The Morgan fingerprint density at radius 3 is 2.52 bits per heavy atom. The Morgan fingerprint density at radius 1 is 0.909 bits per heavy atom. The van der Waals surface area contributed by atoms with Gasteiger partial charge in [-0.3, -0.25) is 9.78 Å². The molecule has 0 spiro atoms. The molecule has 10 nitrogen and oxygen atoms in total. The molecule has 0 aliphatic heterocycles. The number of hydrogen-bond donors (Lipinski definition) is 3. The molecule has 7 rings (SSSR count). The van der Waals surface area contributed by atoms with Gasteiger partial charge in [-0.2, -0.15) is 0 Å². The molecule has 3 heterocycles. The van der Waals surface area contributed by atoms with Gasteiger partial charge in [0.2, 0.25) is 0 Å². The normalized spacial score (nSPS) is 14.5. The number of hydrogen-bond acceptors (Lipinski definition) is 6. The summed E-state index contributed by atoms with van der Waals surface area (Å²) in [6.45, 7) is 0. The standard InChI is InChI=1S/C34H31N7O3/c42-33(40-29(34(43)44)17-24-18-35-20-37-24)23-12-14-31-28(16-23)39-32(41(31)25-9-5-2-6-10-25)22-11-13-26-27(15-22)36-19-30(38-26)21-7-3-1-4-8-21/h1,3-4,7-8,11-16,18-20,25,29H,2,5-6,9-10,17H2,(H,35,37)(H,40,42)(H,43,44)/t29-/m0/s1. The highest BCUT2D eigenvalue weighted by Crippen LogP contribution is 2.37. The van der Waals surface area contributed by atoms with Crippen molar-refractivity contribution in [3.05, 3.63) is 96.7 Å². The van der Waals surface area contributed by atoms with E-state index in [1.165, 1.54) is 12.7 Å². The maximum Gasteiger partial charge on any atom is 0.326 e. The average Bonchev–Trinajstić information content (AvgIpc) is 3.72. The second-order valence-corrected chi connectivity index (χ2v) is 11.3. The highest BCUT2D eigenvalue weighted by atomic mass is 16.4. The Morgan fingerprint density at radius 2 is 1.75 bits per heavy atom. The summed E-state index contributed by atoms with van der Waals surface area (Å²) in [5.41, 5.74) is 6.95. The quantitative estimate of drug-likeness (QED) is 0.200. The minimum atomic E-state index is -1.12. The van der Waals surface area contributed by atoms with Gasteiger partial charge < -0.3 is 20.0 Å². The van der Waals surface area contributed by atoms with E-state index in [2.05, 4.69) is 19.9 Å². The number of rotatable bonds is 8. The van der Waals surface area contributed by atoms with E-state index >= 15 is 0 Å². The van der Waals surface area contributed by atoms with Gasteiger partial charge in [0.05, 0.1) is 40.3 Å².